The van der Waals surface area contributed by atoms with Crippen molar-refractivity contribution < 1.29 is 4.79 Å². The fourth-order valence-corrected chi connectivity index (χ4v) is 2.69. The number of para-hydroxylation sites is 1. The standard InChI is InChI=1S/C17H12N4O2/c18-15(22)9-5-6-11-14(7-9)20-16(21-17(11)23)12-8-19-13-4-2-1-3-10(12)13/h1-8,19H,(H2,18,22)(H,20,21,23). The van der Waals surface area contributed by atoms with E-state index in [9.17, 15) is 9.59 Å². The molecule has 0 bridgehead atoms. The molecular formula is C17H12N4O2. The predicted octanol–water partition coefficient (Wildman–Crippen LogP) is 2.17. The molecule has 0 saturated carbocycles. The topological polar surface area (TPSA) is 105 Å². The minimum absolute atomic E-state index is 0.258. The number of amides is 1. The monoisotopic (exact) mass is 304 g/mol. The number of primary amides is 1. The summed E-state index contributed by atoms with van der Waals surface area (Å²) in [5.41, 5.74) is 7.54. The molecule has 0 aliphatic heterocycles. The number of H-pyrrole nitrogens is 2. The van der Waals surface area contributed by atoms with Crippen molar-refractivity contribution in [2.75, 3.05) is 0 Å². The summed E-state index contributed by atoms with van der Waals surface area (Å²) in [6.07, 6.45) is 1.80. The number of benzene rings is 2. The van der Waals surface area contributed by atoms with Crippen LogP contribution in [0.2, 0.25) is 0 Å². The molecule has 2 heterocycles. The lowest BCUT2D eigenvalue weighted by Crippen LogP contribution is -2.13. The highest BCUT2D eigenvalue weighted by Crippen LogP contribution is 2.26. The molecule has 0 fully saturated rings. The molecule has 0 saturated heterocycles. The van der Waals surface area contributed by atoms with E-state index in [0.29, 0.717) is 22.3 Å². The maximum atomic E-state index is 12.3. The van der Waals surface area contributed by atoms with Crippen LogP contribution in [-0.4, -0.2) is 20.9 Å². The molecule has 4 aromatic rings. The first-order valence-corrected chi connectivity index (χ1v) is 7.04. The fraction of sp³-hybridized carbons (Fsp3) is 0. The molecule has 0 radical (unpaired) electrons. The van der Waals surface area contributed by atoms with Crippen molar-refractivity contribution in [1.82, 2.24) is 15.0 Å². The van der Waals surface area contributed by atoms with E-state index in [-0.39, 0.29) is 5.56 Å². The zero-order chi connectivity index (χ0) is 16.0. The van der Waals surface area contributed by atoms with Gasteiger partial charge in [0, 0.05) is 28.2 Å². The third-order valence-corrected chi connectivity index (χ3v) is 3.84. The van der Waals surface area contributed by atoms with Crippen LogP contribution in [0, 0.1) is 0 Å². The van der Waals surface area contributed by atoms with Crippen LogP contribution in [-0.2, 0) is 0 Å². The van der Waals surface area contributed by atoms with Gasteiger partial charge in [0.1, 0.15) is 5.82 Å². The normalized spacial score (nSPS) is 11.1. The zero-order valence-electron chi connectivity index (χ0n) is 12.0. The van der Waals surface area contributed by atoms with Gasteiger partial charge in [-0.3, -0.25) is 9.59 Å². The molecule has 23 heavy (non-hydrogen) atoms. The maximum Gasteiger partial charge on any atom is 0.259 e. The van der Waals surface area contributed by atoms with E-state index in [0.717, 1.165) is 16.5 Å². The Kier molecular flexibility index (Phi) is 2.77. The van der Waals surface area contributed by atoms with Crippen LogP contribution in [0.4, 0.5) is 0 Å². The molecular weight excluding hydrogens is 292 g/mol. The van der Waals surface area contributed by atoms with Gasteiger partial charge in [-0.15, -0.1) is 0 Å². The summed E-state index contributed by atoms with van der Waals surface area (Å²) in [5.74, 6) is -0.107. The molecule has 2 aromatic carbocycles. The molecule has 4 N–H and O–H groups in total. The number of nitrogens with two attached hydrogens (primary N) is 1. The van der Waals surface area contributed by atoms with E-state index in [2.05, 4.69) is 15.0 Å². The number of nitrogens with one attached hydrogen (secondary N) is 2. The van der Waals surface area contributed by atoms with E-state index >= 15 is 0 Å². The third-order valence-electron chi connectivity index (χ3n) is 3.84. The molecule has 4 rings (SSSR count). The first kappa shape index (κ1) is 13.3. The summed E-state index contributed by atoms with van der Waals surface area (Å²) in [6, 6.07) is 12.4. The van der Waals surface area contributed by atoms with Gasteiger partial charge >= 0.3 is 0 Å². The highest BCUT2D eigenvalue weighted by Gasteiger charge is 2.11. The Bertz CT molecular complexity index is 1120. The van der Waals surface area contributed by atoms with Gasteiger partial charge in [0.05, 0.1) is 10.9 Å². The Morgan fingerprint density at radius 3 is 2.74 bits per heavy atom. The van der Waals surface area contributed by atoms with Crippen molar-refractivity contribution in [3.63, 3.8) is 0 Å². The SMILES string of the molecule is NC(=O)c1ccc2c(=O)[nH]c(-c3c[nH]c4ccccc34)nc2c1. The number of aromatic amines is 2. The van der Waals surface area contributed by atoms with E-state index in [1.807, 2.05) is 24.3 Å². The maximum absolute atomic E-state index is 12.3. The lowest BCUT2D eigenvalue weighted by atomic mass is 10.1. The van der Waals surface area contributed by atoms with Gasteiger partial charge < -0.3 is 15.7 Å². The Balaban J connectivity index is 2.00. The van der Waals surface area contributed by atoms with Gasteiger partial charge in [-0.25, -0.2) is 4.98 Å². The van der Waals surface area contributed by atoms with Crippen molar-refractivity contribution in [1.29, 1.82) is 0 Å². The highest BCUT2D eigenvalue weighted by atomic mass is 16.1. The summed E-state index contributed by atoms with van der Waals surface area (Å²) in [7, 11) is 0. The first-order valence-electron chi connectivity index (χ1n) is 7.04. The third kappa shape index (κ3) is 2.08. The van der Waals surface area contributed by atoms with Gasteiger partial charge in [0.2, 0.25) is 5.91 Å². The first-order chi connectivity index (χ1) is 11.1. The molecule has 0 aliphatic carbocycles. The Hall–Kier alpha value is -3.41. The number of rotatable bonds is 2. The molecule has 112 valence electrons. The summed E-state index contributed by atoms with van der Waals surface area (Å²) in [5, 5.41) is 1.37. The molecule has 6 heteroatoms. The second-order valence-electron chi connectivity index (χ2n) is 5.26. The van der Waals surface area contributed by atoms with Crippen LogP contribution in [0.3, 0.4) is 0 Å². The van der Waals surface area contributed by atoms with Gasteiger partial charge in [0.25, 0.3) is 5.56 Å². The molecule has 0 unspecified atom stereocenters. The van der Waals surface area contributed by atoms with E-state index in [1.54, 1.807) is 12.3 Å². The second-order valence-corrected chi connectivity index (χ2v) is 5.26. The zero-order valence-corrected chi connectivity index (χ0v) is 12.0. The summed E-state index contributed by atoms with van der Waals surface area (Å²) >= 11 is 0. The molecule has 0 atom stereocenters. The van der Waals surface area contributed by atoms with Gasteiger partial charge in [0.15, 0.2) is 0 Å². The number of nitrogens with zero attached hydrogens (tertiary/aromatic N) is 1. The number of hydrogen-bond acceptors (Lipinski definition) is 3. The van der Waals surface area contributed by atoms with E-state index in [1.165, 1.54) is 12.1 Å². The van der Waals surface area contributed by atoms with Crippen molar-refractivity contribution in [2.45, 2.75) is 0 Å². The van der Waals surface area contributed by atoms with Crippen LogP contribution >= 0.6 is 0 Å². The molecule has 1 amide bonds. The smallest absolute Gasteiger partial charge is 0.259 e. The van der Waals surface area contributed by atoms with Crippen molar-refractivity contribution in [2.24, 2.45) is 5.73 Å². The van der Waals surface area contributed by atoms with Crippen LogP contribution in [0.5, 0.6) is 0 Å². The number of aromatic nitrogens is 3. The van der Waals surface area contributed by atoms with Crippen LogP contribution < -0.4 is 11.3 Å². The van der Waals surface area contributed by atoms with Crippen molar-refractivity contribution in [3.05, 3.63) is 64.6 Å². The minimum atomic E-state index is -0.553. The summed E-state index contributed by atoms with van der Waals surface area (Å²) in [6.45, 7) is 0. The van der Waals surface area contributed by atoms with Crippen LogP contribution in [0.1, 0.15) is 10.4 Å². The number of fused-ring (bicyclic) bond motifs is 2. The highest BCUT2D eigenvalue weighted by molar-refractivity contribution is 5.98. The Morgan fingerprint density at radius 2 is 1.91 bits per heavy atom. The number of carbonyl (C=O) groups is 1. The minimum Gasteiger partial charge on any atom is -0.366 e. The van der Waals surface area contributed by atoms with Crippen molar-refractivity contribution in [3.8, 4) is 11.4 Å². The van der Waals surface area contributed by atoms with Crippen LogP contribution in [0.25, 0.3) is 33.2 Å². The number of hydrogen-bond donors (Lipinski definition) is 3. The largest absolute Gasteiger partial charge is 0.366 e. The average Bonchev–Trinajstić information content (AvgIpc) is 2.98. The average molecular weight is 304 g/mol. The van der Waals surface area contributed by atoms with Crippen LogP contribution in [0.15, 0.2) is 53.5 Å². The van der Waals surface area contributed by atoms with Gasteiger partial charge in [-0.2, -0.15) is 0 Å². The molecule has 2 aromatic heterocycles. The van der Waals surface area contributed by atoms with E-state index in [4.69, 9.17) is 5.73 Å². The lowest BCUT2D eigenvalue weighted by molar-refractivity contribution is 0.100. The molecule has 6 nitrogen and oxygen atoms in total. The number of carbonyl (C=O) groups excluding carboxylic acids is 1. The Labute approximate surface area is 130 Å². The fourth-order valence-electron chi connectivity index (χ4n) is 2.69. The predicted molar refractivity (Wildman–Crippen MR) is 88.2 cm³/mol. The molecule has 0 aliphatic rings. The summed E-state index contributed by atoms with van der Waals surface area (Å²) in [4.78, 5) is 34.0. The lowest BCUT2D eigenvalue weighted by Gasteiger charge is -2.03. The van der Waals surface area contributed by atoms with E-state index < -0.39 is 5.91 Å². The van der Waals surface area contributed by atoms with Crippen molar-refractivity contribution >= 4 is 27.7 Å². The quantitative estimate of drug-likeness (QED) is 0.528. The summed E-state index contributed by atoms with van der Waals surface area (Å²) < 4.78 is 0. The second kappa shape index (κ2) is 4.81. The molecule has 0 spiro atoms. The van der Waals surface area contributed by atoms with Gasteiger partial charge in [-0.05, 0) is 24.3 Å². The van der Waals surface area contributed by atoms with Gasteiger partial charge in [-0.1, -0.05) is 18.2 Å². The Morgan fingerprint density at radius 1 is 1.09 bits per heavy atom.